The Morgan fingerprint density at radius 1 is 0.867 bits per heavy atom. The van der Waals surface area contributed by atoms with Crippen LogP contribution in [0.15, 0.2) is 42.5 Å². The van der Waals surface area contributed by atoms with Gasteiger partial charge in [0.05, 0.1) is 0 Å². The van der Waals surface area contributed by atoms with E-state index in [2.05, 4.69) is 68.6 Å². The summed E-state index contributed by atoms with van der Waals surface area (Å²) in [6.45, 7) is 6.53. The van der Waals surface area contributed by atoms with E-state index in [1.165, 1.54) is 16.5 Å². The molecule has 0 aliphatic heterocycles. The van der Waals surface area contributed by atoms with Crippen molar-refractivity contribution < 1.29 is 0 Å². The Morgan fingerprint density at radius 3 is 2.27 bits per heavy atom. The molecule has 1 nitrogen and oxygen atoms in total. The third kappa shape index (κ3) is 2.30. The molecular weight excluding hydrogens is 182 g/mol. The monoisotopic (exact) mass is 199 g/mol. The van der Waals surface area contributed by atoms with E-state index in [4.69, 9.17) is 0 Å². The van der Waals surface area contributed by atoms with Gasteiger partial charge in [0.1, 0.15) is 0 Å². The van der Waals surface area contributed by atoms with E-state index in [1.54, 1.807) is 0 Å². The lowest BCUT2D eigenvalue weighted by Gasteiger charge is -2.23. The molecular formula is C14H17N. The Kier molecular flexibility index (Phi) is 2.39. The minimum atomic E-state index is 0.101. The predicted molar refractivity (Wildman–Crippen MR) is 67.3 cm³/mol. The molecule has 0 fully saturated rings. The van der Waals surface area contributed by atoms with E-state index < -0.39 is 0 Å². The van der Waals surface area contributed by atoms with Gasteiger partial charge in [-0.05, 0) is 32.2 Å². The summed E-state index contributed by atoms with van der Waals surface area (Å²) >= 11 is 0. The van der Waals surface area contributed by atoms with Gasteiger partial charge in [-0.2, -0.15) is 0 Å². The molecule has 0 heterocycles. The normalized spacial score (nSPS) is 11.7. The van der Waals surface area contributed by atoms with Crippen LogP contribution in [0.2, 0.25) is 0 Å². The number of hydrogen-bond donors (Lipinski definition) is 1. The van der Waals surface area contributed by atoms with Crippen LogP contribution in [0.3, 0.4) is 0 Å². The molecule has 0 atom stereocenters. The van der Waals surface area contributed by atoms with Gasteiger partial charge in [-0.15, -0.1) is 0 Å². The second-order valence-corrected chi connectivity index (χ2v) is 4.90. The Balaban J connectivity index is 2.52. The van der Waals surface area contributed by atoms with Gasteiger partial charge in [0.2, 0.25) is 0 Å². The molecule has 2 aromatic rings. The standard InChI is InChI=1S/C14H17N/c1-14(2,3)15-13-10-6-8-11-7-4-5-9-12(11)13/h4-10,15H,1-3H3. The SMILES string of the molecule is CC(C)(C)Nc1cccc2ccccc12. The number of hydrogen-bond acceptors (Lipinski definition) is 1. The second kappa shape index (κ2) is 3.58. The minimum absolute atomic E-state index is 0.101. The average Bonchev–Trinajstić information content (AvgIpc) is 2.16. The zero-order chi connectivity index (χ0) is 10.9. The Hall–Kier alpha value is -1.50. The van der Waals surface area contributed by atoms with Crippen molar-refractivity contribution in [3.05, 3.63) is 42.5 Å². The molecule has 0 aliphatic carbocycles. The number of benzene rings is 2. The molecule has 1 N–H and O–H groups in total. The van der Waals surface area contributed by atoms with E-state index in [0.717, 1.165) is 0 Å². The van der Waals surface area contributed by atoms with Crippen LogP contribution in [-0.2, 0) is 0 Å². The Labute approximate surface area is 91.1 Å². The van der Waals surface area contributed by atoms with Crippen LogP contribution >= 0.6 is 0 Å². The van der Waals surface area contributed by atoms with Crippen molar-refractivity contribution in [3.63, 3.8) is 0 Å². The third-order valence-electron chi connectivity index (χ3n) is 2.30. The Bertz CT molecular complexity index is 461. The van der Waals surface area contributed by atoms with Crippen LogP contribution in [0.5, 0.6) is 0 Å². The highest BCUT2D eigenvalue weighted by Gasteiger charge is 2.10. The minimum Gasteiger partial charge on any atom is -0.380 e. The summed E-state index contributed by atoms with van der Waals surface area (Å²) in [5.74, 6) is 0. The van der Waals surface area contributed by atoms with Crippen LogP contribution in [0.1, 0.15) is 20.8 Å². The van der Waals surface area contributed by atoms with Gasteiger partial charge in [0.15, 0.2) is 0 Å². The van der Waals surface area contributed by atoms with Crippen molar-refractivity contribution in [2.45, 2.75) is 26.3 Å². The summed E-state index contributed by atoms with van der Waals surface area (Å²) in [6.07, 6.45) is 0. The van der Waals surface area contributed by atoms with Gasteiger partial charge in [-0.25, -0.2) is 0 Å². The first kappa shape index (κ1) is 10.0. The molecule has 0 bridgehead atoms. The van der Waals surface area contributed by atoms with E-state index in [9.17, 15) is 0 Å². The maximum Gasteiger partial charge on any atom is 0.0423 e. The van der Waals surface area contributed by atoms with Crippen LogP contribution in [0, 0.1) is 0 Å². The fourth-order valence-corrected chi connectivity index (χ4v) is 1.74. The van der Waals surface area contributed by atoms with Gasteiger partial charge in [0.25, 0.3) is 0 Å². The largest absolute Gasteiger partial charge is 0.380 e. The maximum atomic E-state index is 3.52. The summed E-state index contributed by atoms with van der Waals surface area (Å²) in [7, 11) is 0. The van der Waals surface area contributed by atoms with Crippen LogP contribution in [0.25, 0.3) is 10.8 Å². The van der Waals surface area contributed by atoms with Gasteiger partial charge in [0, 0.05) is 16.6 Å². The van der Waals surface area contributed by atoms with Gasteiger partial charge < -0.3 is 5.32 Å². The molecule has 0 aromatic heterocycles. The van der Waals surface area contributed by atoms with Gasteiger partial charge in [-0.3, -0.25) is 0 Å². The lowest BCUT2D eigenvalue weighted by atomic mass is 10.0. The fourth-order valence-electron chi connectivity index (χ4n) is 1.74. The van der Waals surface area contributed by atoms with Crippen molar-refractivity contribution in [2.24, 2.45) is 0 Å². The van der Waals surface area contributed by atoms with E-state index >= 15 is 0 Å². The summed E-state index contributed by atoms with van der Waals surface area (Å²) in [4.78, 5) is 0. The highest BCUT2D eigenvalue weighted by molar-refractivity contribution is 5.93. The fraction of sp³-hybridized carbons (Fsp3) is 0.286. The highest BCUT2D eigenvalue weighted by atomic mass is 14.9. The molecule has 2 rings (SSSR count). The van der Waals surface area contributed by atoms with Crippen molar-refractivity contribution in [1.82, 2.24) is 0 Å². The maximum absolute atomic E-state index is 3.52. The molecule has 0 amide bonds. The lowest BCUT2D eigenvalue weighted by Crippen LogP contribution is -2.26. The van der Waals surface area contributed by atoms with Crippen molar-refractivity contribution >= 4 is 16.5 Å². The summed E-state index contributed by atoms with van der Waals surface area (Å²) in [5, 5.41) is 6.10. The first-order valence-electron chi connectivity index (χ1n) is 5.32. The molecule has 0 saturated carbocycles. The Morgan fingerprint density at radius 2 is 1.53 bits per heavy atom. The highest BCUT2D eigenvalue weighted by Crippen LogP contribution is 2.25. The second-order valence-electron chi connectivity index (χ2n) is 4.90. The van der Waals surface area contributed by atoms with Crippen molar-refractivity contribution in [1.29, 1.82) is 0 Å². The molecule has 0 saturated heterocycles. The molecule has 78 valence electrons. The van der Waals surface area contributed by atoms with Crippen LogP contribution < -0.4 is 5.32 Å². The molecule has 0 unspecified atom stereocenters. The van der Waals surface area contributed by atoms with Crippen molar-refractivity contribution in [2.75, 3.05) is 5.32 Å². The quantitative estimate of drug-likeness (QED) is 0.730. The number of nitrogens with one attached hydrogen (secondary N) is 1. The average molecular weight is 199 g/mol. The molecule has 0 aliphatic rings. The summed E-state index contributed by atoms with van der Waals surface area (Å²) < 4.78 is 0. The molecule has 0 spiro atoms. The van der Waals surface area contributed by atoms with E-state index in [0.29, 0.717) is 0 Å². The third-order valence-corrected chi connectivity index (χ3v) is 2.30. The summed E-state index contributed by atoms with van der Waals surface area (Å²) in [6, 6.07) is 14.8. The smallest absolute Gasteiger partial charge is 0.0423 e. The lowest BCUT2D eigenvalue weighted by molar-refractivity contribution is 0.635. The zero-order valence-electron chi connectivity index (χ0n) is 9.54. The predicted octanol–water partition coefficient (Wildman–Crippen LogP) is 4.05. The number of anilines is 1. The molecule has 0 radical (unpaired) electrons. The molecule has 15 heavy (non-hydrogen) atoms. The van der Waals surface area contributed by atoms with Crippen molar-refractivity contribution in [3.8, 4) is 0 Å². The molecule has 2 aromatic carbocycles. The zero-order valence-corrected chi connectivity index (χ0v) is 9.54. The van der Waals surface area contributed by atoms with Gasteiger partial charge >= 0.3 is 0 Å². The first-order chi connectivity index (χ1) is 7.06. The van der Waals surface area contributed by atoms with Crippen LogP contribution in [0.4, 0.5) is 5.69 Å². The summed E-state index contributed by atoms with van der Waals surface area (Å²) in [5.41, 5.74) is 1.31. The molecule has 1 heteroatoms. The van der Waals surface area contributed by atoms with Crippen LogP contribution in [-0.4, -0.2) is 5.54 Å². The topological polar surface area (TPSA) is 12.0 Å². The number of fused-ring (bicyclic) bond motifs is 1. The van der Waals surface area contributed by atoms with E-state index in [1.807, 2.05) is 0 Å². The van der Waals surface area contributed by atoms with Gasteiger partial charge in [-0.1, -0.05) is 36.4 Å². The van der Waals surface area contributed by atoms with E-state index in [-0.39, 0.29) is 5.54 Å². The number of rotatable bonds is 1. The first-order valence-corrected chi connectivity index (χ1v) is 5.32.